The molecule has 1 N–H and O–H groups in total. The number of H-pyrrole nitrogens is 1. The van der Waals surface area contributed by atoms with Crippen LogP contribution in [0.3, 0.4) is 0 Å². The summed E-state index contributed by atoms with van der Waals surface area (Å²) in [6.07, 6.45) is 1.31. The molecule has 0 radical (unpaired) electrons. The van der Waals surface area contributed by atoms with Crippen LogP contribution in [0, 0.1) is 18.6 Å². The molecule has 0 atom stereocenters. The fraction of sp³-hybridized carbons (Fsp3) is 0.167. The van der Waals surface area contributed by atoms with E-state index in [0.717, 1.165) is 10.6 Å². The molecule has 0 fully saturated rings. The van der Waals surface area contributed by atoms with Crippen LogP contribution in [0.15, 0.2) is 34.0 Å². The molecule has 0 aliphatic carbocycles. The number of hydrogen-bond acceptors (Lipinski definition) is 2. The van der Waals surface area contributed by atoms with Crippen LogP contribution in [0.25, 0.3) is 0 Å². The van der Waals surface area contributed by atoms with Crippen LogP contribution < -0.4 is 11.2 Å². The van der Waals surface area contributed by atoms with Crippen molar-refractivity contribution in [3.8, 4) is 0 Å². The molecule has 0 saturated heterocycles. The van der Waals surface area contributed by atoms with E-state index in [4.69, 9.17) is 0 Å². The first-order chi connectivity index (χ1) is 8.49. The number of halogens is 2. The highest BCUT2D eigenvalue weighted by atomic mass is 19.2. The van der Waals surface area contributed by atoms with Crippen LogP contribution in [-0.2, 0) is 6.54 Å². The van der Waals surface area contributed by atoms with Crippen molar-refractivity contribution in [3.63, 3.8) is 0 Å². The molecule has 1 heterocycles. The Morgan fingerprint density at radius 1 is 1.28 bits per heavy atom. The first kappa shape index (κ1) is 12.2. The lowest BCUT2D eigenvalue weighted by atomic mass is 10.2. The smallest absolute Gasteiger partial charge is 0.296 e. The molecule has 1 aromatic heterocycles. The van der Waals surface area contributed by atoms with E-state index in [1.807, 2.05) is 0 Å². The molecule has 4 nitrogen and oxygen atoms in total. The highest BCUT2D eigenvalue weighted by Crippen LogP contribution is 2.11. The molecule has 18 heavy (non-hydrogen) atoms. The zero-order valence-electron chi connectivity index (χ0n) is 9.54. The van der Waals surface area contributed by atoms with Gasteiger partial charge >= 0.3 is 5.69 Å². The van der Waals surface area contributed by atoms with Gasteiger partial charge in [-0.2, -0.15) is 0 Å². The Balaban J connectivity index is 2.47. The van der Waals surface area contributed by atoms with Gasteiger partial charge in [-0.3, -0.25) is 14.3 Å². The Bertz CT molecular complexity index is 704. The van der Waals surface area contributed by atoms with E-state index in [2.05, 4.69) is 4.98 Å². The van der Waals surface area contributed by atoms with Crippen LogP contribution >= 0.6 is 0 Å². The lowest BCUT2D eigenvalue weighted by Gasteiger charge is -2.07. The molecule has 2 rings (SSSR count). The standard InChI is InChI=1S/C12H10F2N2O2/c1-7-5-16(12(18)15-11(7)17)6-8-3-2-4-9(13)10(8)14/h2-5H,6H2,1H3,(H,15,17,18). The molecule has 0 saturated carbocycles. The second-order valence-corrected chi connectivity index (χ2v) is 3.91. The van der Waals surface area contributed by atoms with Crippen LogP contribution in [0.1, 0.15) is 11.1 Å². The normalized spacial score (nSPS) is 10.6. The van der Waals surface area contributed by atoms with Gasteiger partial charge in [0.15, 0.2) is 11.6 Å². The zero-order chi connectivity index (χ0) is 13.3. The summed E-state index contributed by atoms with van der Waals surface area (Å²) < 4.78 is 27.6. The maximum Gasteiger partial charge on any atom is 0.328 e. The van der Waals surface area contributed by atoms with E-state index in [0.29, 0.717) is 5.56 Å². The van der Waals surface area contributed by atoms with Crippen molar-refractivity contribution >= 4 is 0 Å². The van der Waals surface area contributed by atoms with Crippen LogP contribution in [0.4, 0.5) is 8.78 Å². The van der Waals surface area contributed by atoms with Crippen LogP contribution in [-0.4, -0.2) is 9.55 Å². The van der Waals surface area contributed by atoms with Gasteiger partial charge in [-0.25, -0.2) is 13.6 Å². The second-order valence-electron chi connectivity index (χ2n) is 3.91. The fourth-order valence-corrected chi connectivity index (χ4v) is 1.59. The maximum atomic E-state index is 13.4. The number of rotatable bonds is 2. The number of hydrogen-bond donors (Lipinski definition) is 1. The summed E-state index contributed by atoms with van der Waals surface area (Å²) in [6, 6.07) is 3.74. The quantitative estimate of drug-likeness (QED) is 0.872. The van der Waals surface area contributed by atoms with E-state index in [9.17, 15) is 18.4 Å². The lowest BCUT2D eigenvalue weighted by Crippen LogP contribution is -2.31. The zero-order valence-corrected chi connectivity index (χ0v) is 9.54. The van der Waals surface area contributed by atoms with Gasteiger partial charge in [-0.1, -0.05) is 12.1 Å². The number of nitrogens with zero attached hydrogens (tertiary/aromatic N) is 1. The van der Waals surface area contributed by atoms with Crippen molar-refractivity contribution in [2.75, 3.05) is 0 Å². The van der Waals surface area contributed by atoms with Gasteiger partial charge in [0.1, 0.15) is 0 Å². The highest BCUT2D eigenvalue weighted by molar-refractivity contribution is 5.19. The molecule has 0 bridgehead atoms. The predicted octanol–water partition coefficient (Wildman–Crippen LogP) is 1.17. The first-order valence-corrected chi connectivity index (χ1v) is 5.22. The lowest BCUT2D eigenvalue weighted by molar-refractivity contribution is 0.493. The summed E-state index contributed by atoms with van der Waals surface area (Å²) in [5.74, 6) is -1.96. The molecule has 6 heteroatoms. The molecule has 0 unspecified atom stereocenters. The van der Waals surface area contributed by atoms with Gasteiger partial charge in [-0.05, 0) is 13.0 Å². The van der Waals surface area contributed by atoms with Gasteiger partial charge in [-0.15, -0.1) is 0 Å². The average Bonchev–Trinajstić information content (AvgIpc) is 2.32. The van der Waals surface area contributed by atoms with Crippen LogP contribution in [0.2, 0.25) is 0 Å². The molecule has 2 aromatic rings. The van der Waals surface area contributed by atoms with Crippen molar-refractivity contribution in [1.29, 1.82) is 0 Å². The van der Waals surface area contributed by atoms with Gasteiger partial charge in [0, 0.05) is 17.3 Å². The fourth-order valence-electron chi connectivity index (χ4n) is 1.59. The van der Waals surface area contributed by atoms with Crippen molar-refractivity contribution < 1.29 is 8.78 Å². The Morgan fingerprint density at radius 2 is 2.00 bits per heavy atom. The van der Waals surface area contributed by atoms with E-state index < -0.39 is 22.9 Å². The number of aryl methyl sites for hydroxylation is 1. The number of benzene rings is 1. The highest BCUT2D eigenvalue weighted by Gasteiger charge is 2.09. The monoisotopic (exact) mass is 252 g/mol. The van der Waals surface area contributed by atoms with E-state index in [-0.39, 0.29) is 12.1 Å². The summed E-state index contributed by atoms with van der Waals surface area (Å²) >= 11 is 0. The summed E-state index contributed by atoms with van der Waals surface area (Å²) in [5, 5.41) is 0. The molecular formula is C12H10F2N2O2. The number of nitrogens with one attached hydrogen (secondary N) is 1. The minimum atomic E-state index is -0.992. The van der Waals surface area contributed by atoms with Crippen molar-refractivity contribution in [1.82, 2.24) is 9.55 Å². The van der Waals surface area contributed by atoms with Crippen molar-refractivity contribution in [2.45, 2.75) is 13.5 Å². The molecule has 0 aliphatic rings. The molecule has 0 amide bonds. The third kappa shape index (κ3) is 2.22. The maximum absolute atomic E-state index is 13.4. The molecular weight excluding hydrogens is 242 g/mol. The van der Waals surface area contributed by atoms with E-state index in [1.54, 1.807) is 0 Å². The molecule has 94 valence electrons. The molecule has 0 spiro atoms. The third-order valence-corrected chi connectivity index (χ3v) is 2.56. The minimum Gasteiger partial charge on any atom is -0.296 e. The van der Waals surface area contributed by atoms with Gasteiger partial charge in [0.2, 0.25) is 0 Å². The average molecular weight is 252 g/mol. The molecule has 0 aliphatic heterocycles. The summed E-state index contributed by atoms with van der Waals surface area (Å²) in [7, 11) is 0. The van der Waals surface area contributed by atoms with E-state index >= 15 is 0 Å². The number of aromatic nitrogens is 2. The Labute approximate surface area is 101 Å². The van der Waals surface area contributed by atoms with Crippen molar-refractivity contribution in [2.24, 2.45) is 0 Å². The SMILES string of the molecule is Cc1cn(Cc2cccc(F)c2F)c(=O)[nH]c1=O. The minimum absolute atomic E-state index is 0.0450. The van der Waals surface area contributed by atoms with E-state index in [1.165, 1.54) is 25.3 Å². The summed E-state index contributed by atoms with van der Waals surface area (Å²) in [6.45, 7) is 1.39. The summed E-state index contributed by atoms with van der Waals surface area (Å²) in [4.78, 5) is 24.7. The molecule has 1 aromatic carbocycles. The van der Waals surface area contributed by atoms with Crippen molar-refractivity contribution in [3.05, 3.63) is 68.0 Å². The Hall–Kier alpha value is -2.24. The third-order valence-electron chi connectivity index (χ3n) is 2.56. The van der Waals surface area contributed by atoms with Gasteiger partial charge in [0.25, 0.3) is 5.56 Å². The second kappa shape index (κ2) is 4.56. The Kier molecular flexibility index (Phi) is 3.10. The topological polar surface area (TPSA) is 54.9 Å². The first-order valence-electron chi connectivity index (χ1n) is 5.22. The predicted molar refractivity (Wildman–Crippen MR) is 61.5 cm³/mol. The summed E-state index contributed by atoms with van der Waals surface area (Å²) in [5.41, 5.74) is -0.778. The van der Waals surface area contributed by atoms with Gasteiger partial charge < -0.3 is 0 Å². The van der Waals surface area contributed by atoms with Crippen LogP contribution in [0.5, 0.6) is 0 Å². The van der Waals surface area contributed by atoms with Gasteiger partial charge in [0.05, 0.1) is 6.54 Å². The number of aromatic amines is 1. The largest absolute Gasteiger partial charge is 0.328 e. The Morgan fingerprint density at radius 3 is 2.72 bits per heavy atom.